The normalized spacial score (nSPS) is 11.5. The topological polar surface area (TPSA) is 129 Å². The van der Waals surface area contributed by atoms with Gasteiger partial charge in [0.15, 0.2) is 6.10 Å². The fourth-order valence-electron chi connectivity index (χ4n) is 2.96. The minimum Gasteiger partial charge on any atom is -0.481 e. The number of carbonyl (C=O) groups is 3. The molecule has 0 fully saturated rings. The van der Waals surface area contributed by atoms with Gasteiger partial charge >= 0.3 is 0 Å². The van der Waals surface area contributed by atoms with Crippen molar-refractivity contribution < 1.29 is 19.1 Å². The van der Waals surface area contributed by atoms with Crippen molar-refractivity contribution in [2.24, 2.45) is 0 Å². The van der Waals surface area contributed by atoms with Crippen LogP contribution in [0.3, 0.4) is 0 Å². The van der Waals surface area contributed by atoms with E-state index in [0.717, 1.165) is 11.1 Å². The number of para-hydroxylation sites is 1. The van der Waals surface area contributed by atoms with Gasteiger partial charge in [0.25, 0.3) is 17.7 Å². The van der Waals surface area contributed by atoms with Gasteiger partial charge in [-0.05, 0) is 50.1 Å². The number of benzene rings is 2. The maximum atomic E-state index is 12.4. The monoisotopic (exact) mass is 436 g/mol. The second kappa shape index (κ2) is 9.78. The van der Waals surface area contributed by atoms with Crippen LogP contribution < -0.4 is 26.3 Å². The molecule has 0 bridgehead atoms. The first-order valence-corrected chi connectivity index (χ1v) is 9.98. The Balaban J connectivity index is 1.50. The highest BCUT2D eigenvalue weighted by molar-refractivity contribution is 5.98. The van der Waals surface area contributed by atoms with E-state index in [1.807, 2.05) is 26.0 Å². The van der Waals surface area contributed by atoms with Crippen molar-refractivity contribution in [3.05, 3.63) is 75.6 Å². The molecule has 1 atom stereocenters. The summed E-state index contributed by atoms with van der Waals surface area (Å²) < 4.78 is 5.65. The van der Waals surface area contributed by atoms with E-state index in [1.165, 1.54) is 6.20 Å². The first kappa shape index (κ1) is 22.5. The Bertz CT molecular complexity index is 1230. The maximum Gasteiger partial charge on any atom is 0.279 e. The van der Waals surface area contributed by atoms with Gasteiger partial charge in [-0.1, -0.05) is 24.3 Å². The molecule has 0 radical (unpaired) electrons. The summed E-state index contributed by atoms with van der Waals surface area (Å²) in [6.07, 6.45) is 0.438. The lowest BCUT2D eigenvalue weighted by molar-refractivity contribution is -0.132. The lowest BCUT2D eigenvalue weighted by Crippen LogP contribution is -2.50. The minimum atomic E-state index is -0.860. The standard InChI is InChI=1S/C23H24N4O5/c1-13-7-6-10-19(14(13)2)32-15(3)22(30)27-26-20(28)12-25-23(31)17-11-24-18-9-5-4-8-16(18)21(17)29/h4-11,15H,12H2,1-3H3,(H,24,29)(H,25,31)(H,26,28)(H,27,30). The summed E-state index contributed by atoms with van der Waals surface area (Å²) in [6.45, 7) is 4.95. The lowest BCUT2D eigenvalue weighted by atomic mass is 10.1. The van der Waals surface area contributed by atoms with Crippen LogP contribution in [0.5, 0.6) is 5.75 Å². The smallest absolute Gasteiger partial charge is 0.279 e. The number of amides is 3. The van der Waals surface area contributed by atoms with E-state index >= 15 is 0 Å². The van der Waals surface area contributed by atoms with Crippen LogP contribution in [0.2, 0.25) is 0 Å². The van der Waals surface area contributed by atoms with Gasteiger partial charge in [-0.15, -0.1) is 0 Å². The number of carbonyl (C=O) groups excluding carboxylic acids is 3. The second-order valence-corrected chi connectivity index (χ2v) is 7.26. The zero-order valence-corrected chi connectivity index (χ0v) is 17.9. The maximum absolute atomic E-state index is 12.4. The number of hydrogen-bond acceptors (Lipinski definition) is 5. The molecule has 166 valence electrons. The van der Waals surface area contributed by atoms with E-state index in [4.69, 9.17) is 4.74 Å². The Morgan fingerprint density at radius 3 is 2.56 bits per heavy atom. The van der Waals surface area contributed by atoms with Crippen LogP contribution in [0.25, 0.3) is 10.9 Å². The molecular weight excluding hydrogens is 412 g/mol. The lowest BCUT2D eigenvalue weighted by Gasteiger charge is -2.17. The number of fused-ring (bicyclic) bond motifs is 1. The third-order valence-corrected chi connectivity index (χ3v) is 5.00. The van der Waals surface area contributed by atoms with E-state index in [0.29, 0.717) is 16.7 Å². The number of aryl methyl sites for hydroxylation is 1. The van der Waals surface area contributed by atoms with Crippen LogP contribution in [0.15, 0.2) is 53.5 Å². The molecule has 0 saturated heterocycles. The van der Waals surface area contributed by atoms with Gasteiger partial charge in [-0.25, -0.2) is 0 Å². The Labute approximate surface area is 184 Å². The first-order valence-electron chi connectivity index (χ1n) is 9.98. The molecule has 1 unspecified atom stereocenters. The zero-order valence-electron chi connectivity index (χ0n) is 17.9. The number of nitrogens with one attached hydrogen (secondary N) is 4. The molecule has 4 N–H and O–H groups in total. The number of aromatic nitrogens is 1. The van der Waals surface area contributed by atoms with Crippen molar-refractivity contribution in [1.29, 1.82) is 0 Å². The average Bonchev–Trinajstić information content (AvgIpc) is 2.79. The Morgan fingerprint density at radius 2 is 1.78 bits per heavy atom. The van der Waals surface area contributed by atoms with Crippen molar-refractivity contribution in [3.63, 3.8) is 0 Å². The van der Waals surface area contributed by atoms with Gasteiger partial charge < -0.3 is 15.0 Å². The SMILES string of the molecule is Cc1cccc(OC(C)C(=O)NNC(=O)CNC(=O)c2c[nH]c3ccccc3c2=O)c1C. The van der Waals surface area contributed by atoms with Crippen molar-refractivity contribution >= 4 is 28.6 Å². The van der Waals surface area contributed by atoms with E-state index in [2.05, 4.69) is 21.2 Å². The molecule has 0 aliphatic heterocycles. The number of pyridine rings is 1. The summed E-state index contributed by atoms with van der Waals surface area (Å²) >= 11 is 0. The zero-order chi connectivity index (χ0) is 23.3. The van der Waals surface area contributed by atoms with Crippen LogP contribution in [0, 0.1) is 13.8 Å². The molecule has 3 amide bonds. The third-order valence-electron chi connectivity index (χ3n) is 5.00. The number of rotatable bonds is 6. The van der Waals surface area contributed by atoms with Gasteiger partial charge in [0.1, 0.15) is 11.3 Å². The van der Waals surface area contributed by atoms with Crippen LogP contribution in [0.1, 0.15) is 28.4 Å². The van der Waals surface area contributed by atoms with E-state index in [1.54, 1.807) is 37.3 Å². The van der Waals surface area contributed by atoms with Crippen molar-refractivity contribution in [2.75, 3.05) is 6.54 Å². The molecule has 3 aromatic rings. The molecule has 9 nitrogen and oxygen atoms in total. The van der Waals surface area contributed by atoms with Crippen molar-refractivity contribution in [1.82, 2.24) is 21.2 Å². The van der Waals surface area contributed by atoms with Crippen LogP contribution >= 0.6 is 0 Å². The summed E-state index contributed by atoms with van der Waals surface area (Å²) in [4.78, 5) is 51.8. The highest BCUT2D eigenvalue weighted by atomic mass is 16.5. The average molecular weight is 436 g/mol. The summed E-state index contributed by atoms with van der Waals surface area (Å²) in [5, 5.41) is 2.73. The molecule has 1 aromatic heterocycles. The fourth-order valence-corrected chi connectivity index (χ4v) is 2.96. The van der Waals surface area contributed by atoms with Crippen LogP contribution in [-0.2, 0) is 9.59 Å². The summed E-state index contributed by atoms with van der Waals surface area (Å²) in [7, 11) is 0. The van der Waals surface area contributed by atoms with E-state index in [-0.39, 0.29) is 5.56 Å². The number of ether oxygens (including phenoxy) is 1. The summed E-state index contributed by atoms with van der Waals surface area (Å²) in [5.41, 5.74) is 6.46. The van der Waals surface area contributed by atoms with Gasteiger partial charge in [0.05, 0.1) is 6.54 Å². The van der Waals surface area contributed by atoms with Crippen LogP contribution in [-0.4, -0.2) is 35.4 Å². The van der Waals surface area contributed by atoms with Gasteiger partial charge in [-0.3, -0.25) is 30.0 Å². The number of H-pyrrole nitrogens is 1. The molecule has 0 aliphatic rings. The Morgan fingerprint density at radius 1 is 1.03 bits per heavy atom. The molecule has 0 spiro atoms. The quantitative estimate of drug-likeness (QED) is 0.435. The molecule has 0 saturated carbocycles. The predicted molar refractivity (Wildman–Crippen MR) is 119 cm³/mol. The molecular formula is C23H24N4O5. The highest BCUT2D eigenvalue weighted by Gasteiger charge is 2.18. The molecule has 9 heteroatoms. The summed E-state index contributed by atoms with van der Waals surface area (Å²) in [6, 6.07) is 12.3. The van der Waals surface area contributed by atoms with Crippen LogP contribution in [0.4, 0.5) is 0 Å². The largest absolute Gasteiger partial charge is 0.481 e. The van der Waals surface area contributed by atoms with E-state index in [9.17, 15) is 19.2 Å². The number of hydrazine groups is 1. The third kappa shape index (κ3) is 5.12. The van der Waals surface area contributed by atoms with Gasteiger partial charge in [0.2, 0.25) is 5.43 Å². The fraction of sp³-hybridized carbons (Fsp3) is 0.217. The Kier molecular flexibility index (Phi) is 6.89. The first-order chi connectivity index (χ1) is 15.3. The highest BCUT2D eigenvalue weighted by Crippen LogP contribution is 2.21. The second-order valence-electron chi connectivity index (χ2n) is 7.26. The number of hydrogen-bond donors (Lipinski definition) is 4. The van der Waals surface area contributed by atoms with Crippen molar-refractivity contribution in [2.45, 2.75) is 26.9 Å². The molecule has 1 heterocycles. The van der Waals surface area contributed by atoms with Gasteiger partial charge in [-0.2, -0.15) is 0 Å². The van der Waals surface area contributed by atoms with Crippen molar-refractivity contribution in [3.8, 4) is 5.75 Å². The summed E-state index contributed by atoms with van der Waals surface area (Å²) in [5.74, 6) is -1.35. The van der Waals surface area contributed by atoms with E-state index < -0.39 is 35.8 Å². The number of aromatic amines is 1. The molecule has 3 rings (SSSR count). The minimum absolute atomic E-state index is 0.115. The van der Waals surface area contributed by atoms with Gasteiger partial charge in [0, 0.05) is 17.1 Å². The Hall–Kier alpha value is -4.14. The predicted octanol–water partition coefficient (Wildman–Crippen LogP) is 1.49. The molecule has 0 aliphatic carbocycles. The molecule has 32 heavy (non-hydrogen) atoms. The molecule has 2 aromatic carbocycles.